The lowest BCUT2D eigenvalue weighted by Crippen LogP contribution is -2.42. The number of carbonyl (C=O) groups is 1. The van der Waals surface area contributed by atoms with Crippen LogP contribution in [0.1, 0.15) is 19.8 Å². The first kappa shape index (κ1) is 21.3. The van der Waals surface area contributed by atoms with E-state index in [-0.39, 0.29) is 29.2 Å². The van der Waals surface area contributed by atoms with Gasteiger partial charge in [-0.15, -0.1) is 11.3 Å². The van der Waals surface area contributed by atoms with Gasteiger partial charge in [0.15, 0.2) is 9.84 Å². The minimum atomic E-state index is -3.03. The molecule has 1 amide bonds. The van der Waals surface area contributed by atoms with Crippen LogP contribution >= 0.6 is 23.1 Å². The monoisotopic (exact) mass is 461 g/mol. The second-order valence-corrected chi connectivity index (χ2v) is 11.5. The number of hydrogen-bond acceptors (Lipinski definition) is 7. The van der Waals surface area contributed by atoms with Crippen molar-refractivity contribution >= 4 is 49.1 Å². The highest BCUT2D eigenvalue weighted by atomic mass is 32.2. The van der Waals surface area contributed by atoms with E-state index in [0.717, 1.165) is 32.1 Å². The summed E-state index contributed by atoms with van der Waals surface area (Å²) in [5.41, 5.74) is 1.13. The van der Waals surface area contributed by atoms with Gasteiger partial charge < -0.3 is 4.90 Å². The number of aromatic nitrogens is 2. The van der Waals surface area contributed by atoms with Gasteiger partial charge >= 0.3 is 0 Å². The molecule has 0 bridgehead atoms. The zero-order valence-corrected chi connectivity index (χ0v) is 19.1. The molecule has 2 aromatic heterocycles. The van der Waals surface area contributed by atoms with E-state index in [4.69, 9.17) is 0 Å². The highest BCUT2D eigenvalue weighted by molar-refractivity contribution is 8.00. The predicted octanol–water partition coefficient (Wildman–Crippen LogP) is 3.88. The van der Waals surface area contributed by atoms with Crippen LogP contribution in [0.15, 0.2) is 47.8 Å². The fraction of sp³-hybridized carbons (Fsp3) is 0.381. The third kappa shape index (κ3) is 4.68. The minimum Gasteiger partial charge on any atom is -0.338 e. The lowest BCUT2D eigenvalue weighted by atomic mass is 10.2. The normalized spacial score (nSPS) is 18.0. The van der Waals surface area contributed by atoms with Crippen molar-refractivity contribution in [1.82, 2.24) is 14.9 Å². The van der Waals surface area contributed by atoms with E-state index in [1.54, 1.807) is 16.2 Å². The number of thioether (sulfide) groups is 1. The molecule has 0 saturated carbocycles. The number of amides is 1. The quantitative estimate of drug-likeness (QED) is 0.392. The summed E-state index contributed by atoms with van der Waals surface area (Å²) in [5, 5.41) is 1.73. The lowest BCUT2D eigenvalue weighted by Gasteiger charge is -2.27. The van der Waals surface area contributed by atoms with Gasteiger partial charge in [-0.1, -0.05) is 49.0 Å². The number of rotatable bonds is 7. The van der Waals surface area contributed by atoms with Gasteiger partial charge in [-0.3, -0.25) is 4.79 Å². The summed E-state index contributed by atoms with van der Waals surface area (Å²) in [5.74, 6) is 0.446. The number of hydrogen-bond donors (Lipinski definition) is 0. The van der Waals surface area contributed by atoms with Crippen LogP contribution in [0.2, 0.25) is 0 Å². The minimum absolute atomic E-state index is 0.0331. The van der Waals surface area contributed by atoms with E-state index in [9.17, 15) is 13.2 Å². The molecule has 1 aliphatic heterocycles. The summed E-state index contributed by atoms with van der Waals surface area (Å²) in [6, 6.07) is 12.0. The Bertz CT molecular complexity index is 1150. The smallest absolute Gasteiger partial charge is 0.233 e. The number of nitrogens with zero attached hydrogens (tertiary/aromatic N) is 3. The highest BCUT2D eigenvalue weighted by Gasteiger charge is 2.34. The van der Waals surface area contributed by atoms with Crippen molar-refractivity contribution in [3.63, 3.8) is 0 Å². The van der Waals surface area contributed by atoms with Gasteiger partial charge in [0.25, 0.3) is 0 Å². The molecule has 1 saturated heterocycles. The summed E-state index contributed by atoms with van der Waals surface area (Å²) in [6.45, 7) is 2.58. The van der Waals surface area contributed by atoms with E-state index in [0.29, 0.717) is 13.0 Å². The summed E-state index contributed by atoms with van der Waals surface area (Å²) >= 11 is 3.00. The number of benzene rings is 1. The van der Waals surface area contributed by atoms with Crippen LogP contribution in [0.3, 0.4) is 0 Å². The fourth-order valence-electron chi connectivity index (χ4n) is 3.68. The first-order valence-corrected chi connectivity index (χ1v) is 13.5. The van der Waals surface area contributed by atoms with Crippen molar-refractivity contribution in [3.8, 4) is 10.4 Å². The van der Waals surface area contributed by atoms with Crippen molar-refractivity contribution in [2.75, 3.05) is 23.8 Å². The maximum atomic E-state index is 12.9. The molecule has 3 aromatic rings. The van der Waals surface area contributed by atoms with Gasteiger partial charge in [0.05, 0.1) is 17.3 Å². The molecular formula is C21H23N3O3S3. The zero-order chi connectivity index (χ0) is 21.1. The van der Waals surface area contributed by atoms with Crippen LogP contribution in [-0.2, 0) is 14.6 Å². The predicted molar refractivity (Wildman–Crippen MR) is 123 cm³/mol. The Kier molecular flexibility index (Phi) is 6.40. The van der Waals surface area contributed by atoms with Crippen LogP contribution in [0, 0.1) is 0 Å². The second kappa shape index (κ2) is 9.03. The first-order chi connectivity index (χ1) is 14.5. The van der Waals surface area contributed by atoms with E-state index in [1.165, 1.54) is 18.1 Å². The van der Waals surface area contributed by atoms with Gasteiger partial charge in [0, 0.05) is 22.8 Å². The van der Waals surface area contributed by atoms with Crippen molar-refractivity contribution in [3.05, 3.63) is 42.7 Å². The maximum absolute atomic E-state index is 12.9. The van der Waals surface area contributed by atoms with Crippen LogP contribution in [-0.4, -0.2) is 59.0 Å². The molecule has 1 fully saturated rings. The molecule has 1 aliphatic rings. The standard InChI is InChI=1S/C21H23N3O3S3/c1-2-9-24(16-8-10-30(26,27)13-16)19(25)12-28-20-17-11-18(15-6-4-3-5-7-15)29-21(17)23-14-22-20/h3-7,11,14,16H,2,8-10,12-13H2,1H3. The summed E-state index contributed by atoms with van der Waals surface area (Å²) in [4.78, 5) is 25.5. The Morgan fingerprint density at radius 2 is 2.07 bits per heavy atom. The number of fused-ring (bicyclic) bond motifs is 1. The van der Waals surface area contributed by atoms with Crippen LogP contribution in [0.5, 0.6) is 0 Å². The molecule has 30 heavy (non-hydrogen) atoms. The third-order valence-electron chi connectivity index (χ3n) is 5.12. The maximum Gasteiger partial charge on any atom is 0.233 e. The van der Waals surface area contributed by atoms with E-state index >= 15 is 0 Å². The molecule has 1 aromatic carbocycles. The average molecular weight is 462 g/mol. The second-order valence-electron chi connectivity index (χ2n) is 7.31. The zero-order valence-electron chi connectivity index (χ0n) is 16.7. The highest BCUT2D eigenvalue weighted by Crippen LogP contribution is 2.36. The molecule has 9 heteroatoms. The lowest BCUT2D eigenvalue weighted by molar-refractivity contribution is -0.130. The molecule has 0 spiro atoms. The molecular weight excluding hydrogens is 438 g/mol. The molecule has 0 aliphatic carbocycles. The van der Waals surface area contributed by atoms with E-state index in [1.807, 2.05) is 25.1 Å². The van der Waals surface area contributed by atoms with Gasteiger partial charge in [-0.05, 0) is 24.5 Å². The van der Waals surface area contributed by atoms with Crippen molar-refractivity contribution in [2.45, 2.75) is 30.8 Å². The summed E-state index contributed by atoms with van der Waals surface area (Å²) in [7, 11) is -3.03. The van der Waals surface area contributed by atoms with Crippen molar-refractivity contribution in [2.24, 2.45) is 0 Å². The van der Waals surface area contributed by atoms with Crippen molar-refractivity contribution in [1.29, 1.82) is 0 Å². The molecule has 3 heterocycles. The number of carbonyl (C=O) groups excluding carboxylic acids is 1. The largest absolute Gasteiger partial charge is 0.338 e. The molecule has 1 atom stereocenters. The number of sulfone groups is 1. The van der Waals surface area contributed by atoms with Crippen LogP contribution < -0.4 is 0 Å². The molecule has 0 N–H and O–H groups in total. The SMILES string of the molecule is CCCN(C(=O)CSc1ncnc2sc(-c3ccccc3)cc12)C1CCS(=O)(=O)C1. The van der Waals surface area contributed by atoms with Crippen LogP contribution in [0.25, 0.3) is 20.7 Å². The van der Waals surface area contributed by atoms with Crippen LogP contribution in [0.4, 0.5) is 0 Å². The van der Waals surface area contributed by atoms with E-state index in [2.05, 4.69) is 28.2 Å². The summed E-state index contributed by atoms with van der Waals surface area (Å²) in [6.07, 6.45) is 2.87. The molecule has 158 valence electrons. The Labute approximate surface area is 184 Å². The molecule has 4 rings (SSSR count). The van der Waals surface area contributed by atoms with Gasteiger partial charge in [0.1, 0.15) is 16.2 Å². The van der Waals surface area contributed by atoms with Gasteiger partial charge in [-0.25, -0.2) is 18.4 Å². The summed E-state index contributed by atoms with van der Waals surface area (Å²) < 4.78 is 23.7. The number of thiophene rings is 1. The molecule has 1 unspecified atom stereocenters. The van der Waals surface area contributed by atoms with Gasteiger partial charge in [0.2, 0.25) is 5.91 Å². The average Bonchev–Trinajstić information content (AvgIpc) is 3.34. The fourth-order valence-corrected chi connectivity index (χ4v) is 7.34. The van der Waals surface area contributed by atoms with Crippen molar-refractivity contribution < 1.29 is 13.2 Å². The van der Waals surface area contributed by atoms with Gasteiger partial charge in [-0.2, -0.15) is 0 Å². The van der Waals surface area contributed by atoms with E-state index < -0.39 is 9.84 Å². The Morgan fingerprint density at radius 3 is 2.77 bits per heavy atom. The Morgan fingerprint density at radius 1 is 1.27 bits per heavy atom. The molecule has 0 radical (unpaired) electrons. The Balaban J connectivity index is 1.51. The Hall–Kier alpha value is -1.97. The topological polar surface area (TPSA) is 80.2 Å². The third-order valence-corrected chi connectivity index (χ3v) is 8.95. The molecule has 6 nitrogen and oxygen atoms in total. The first-order valence-electron chi connectivity index (χ1n) is 9.89.